The van der Waals surface area contributed by atoms with Gasteiger partial charge in [0.15, 0.2) is 11.5 Å². The second kappa shape index (κ2) is 8.93. The van der Waals surface area contributed by atoms with Gasteiger partial charge in [0.2, 0.25) is 0 Å². The van der Waals surface area contributed by atoms with Crippen LogP contribution >= 0.6 is 0 Å². The maximum atomic E-state index is 12.7. The maximum Gasteiger partial charge on any atom is 0.277 e. The summed E-state index contributed by atoms with van der Waals surface area (Å²) < 4.78 is 7.35. The Hall–Kier alpha value is -4.14. The van der Waals surface area contributed by atoms with Crippen molar-refractivity contribution in [2.24, 2.45) is 12.0 Å². The van der Waals surface area contributed by atoms with Crippen LogP contribution in [0.1, 0.15) is 12.6 Å². The van der Waals surface area contributed by atoms with Crippen LogP contribution in [0.4, 0.5) is 11.4 Å². The molecule has 0 unspecified atom stereocenters. The van der Waals surface area contributed by atoms with Gasteiger partial charge in [-0.05, 0) is 44.2 Å². The third-order valence-corrected chi connectivity index (χ3v) is 4.92. The first-order valence-corrected chi connectivity index (χ1v) is 10.3. The van der Waals surface area contributed by atoms with Crippen LogP contribution < -0.4 is 20.9 Å². The van der Waals surface area contributed by atoms with Gasteiger partial charge in [0.1, 0.15) is 17.1 Å². The number of fused-ring (bicyclic) bond motifs is 1. The highest BCUT2D eigenvalue weighted by Gasteiger charge is 2.16. The Labute approximate surface area is 185 Å². The maximum absolute atomic E-state index is 12.7. The highest BCUT2D eigenvalue weighted by molar-refractivity contribution is 6.03. The molecule has 0 radical (unpaired) electrons. The molecule has 9 heteroatoms. The number of hydrogen-bond acceptors (Lipinski definition) is 5. The molecular formula is C23H25N7O2. The fourth-order valence-electron chi connectivity index (χ4n) is 3.48. The smallest absolute Gasteiger partial charge is 0.277 e. The predicted molar refractivity (Wildman–Crippen MR) is 128 cm³/mol. The topological polar surface area (TPSA) is 109 Å². The Bertz CT molecular complexity index is 1340. The Morgan fingerprint density at radius 3 is 2.62 bits per heavy atom. The van der Waals surface area contributed by atoms with Gasteiger partial charge in [-0.2, -0.15) is 5.10 Å². The number of para-hydroxylation sites is 1. The van der Waals surface area contributed by atoms with Crippen molar-refractivity contribution >= 4 is 28.4 Å². The van der Waals surface area contributed by atoms with E-state index in [-0.39, 0.29) is 5.56 Å². The Kier molecular flexibility index (Phi) is 5.89. The van der Waals surface area contributed by atoms with Crippen LogP contribution in [0.25, 0.3) is 22.4 Å². The lowest BCUT2D eigenvalue weighted by atomic mass is 10.1. The molecule has 3 N–H and O–H groups in total. The number of H-pyrrole nitrogens is 1. The second-order valence-corrected chi connectivity index (χ2v) is 7.15. The number of aromatic amines is 1. The molecule has 0 amide bonds. The zero-order valence-electron chi connectivity index (χ0n) is 18.4. The van der Waals surface area contributed by atoms with Gasteiger partial charge in [0, 0.05) is 25.5 Å². The van der Waals surface area contributed by atoms with E-state index in [9.17, 15) is 4.79 Å². The fraction of sp³-hybridized carbons (Fsp3) is 0.217. The summed E-state index contributed by atoms with van der Waals surface area (Å²) in [6.07, 6.45) is 0. The van der Waals surface area contributed by atoms with Gasteiger partial charge in [-0.3, -0.25) is 14.5 Å². The highest BCUT2D eigenvalue weighted by atomic mass is 16.5. The summed E-state index contributed by atoms with van der Waals surface area (Å²) in [6.45, 7) is 4.22. The van der Waals surface area contributed by atoms with E-state index < -0.39 is 0 Å². The zero-order chi connectivity index (χ0) is 22.7. The van der Waals surface area contributed by atoms with Crippen molar-refractivity contribution in [2.45, 2.75) is 13.8 Å². The van der Waals surface area contributed by atoms with Crippen LogP contribution in [0.2, 0.25) is 0 Å². The molecule has 0 spiro atoms. The molecule has 0 bridgehead atoms. The van der Waals surface area contributed by atoms with Gasteiger partial charge >= 0.3 is 0 Å². The summed E-state index contributed by atoms with van der Waals surface area (Å²) >= 11 is 0. The van der Waals surface area contributed by atoms with Crippen molar-refractivity contribution in [1.29, 1.82) is 0 Å². The Morgan fingerprint density at radius 2 is 1.91 bits per heavy atom. The number of benzene rings is 2. The van der Waals surface area contributed by atoms with Crippen molar-refractivity contribution in [2.75, 3.05) is 24.3 Å². The van der Waals surface area contributed by atoms with Gasteiger partial charge in [0.05, 0.1) is 17.9 Å². The summed E-state index contributed by atoms with van der Waals surface area (Å²) in [5.41, 5.74) is 3.77. The second-order valence-electron chi connectivity index (χ2n) is 7.15. The van der Waals surface area contributed by atoms with Crippen LogP contribution in [0, 0.1) is 6.92 Å². The summed E-state index contributed by atoms with van der Waals surface area (Å²) in [7, 11) is 3.43. The minimum Gasteiger partial charge on any atom is -0.493 e. The molecule has 2 heterocycles. The lowest BCUT2D eigenvalue weighted by Gasteiger charge is -2.15. The number of aromatic nitrogens is 4. The third kappa shape index (κ3) is 4.18. The Morgan fingerprint density at radius 1 is 1.16 bits per heavy atom. The first-order chi connectivity index (χ1) is 15.5. The third-order valence-electron chi connectivity index (χ3n) is 4.92. The number of aliphatic imine (C=N–C) groups is 1. The SMILES string of the molecule is CCOc1ccc(NC(=NC)Nc2ccccc2)cc1-c1nc2c(C)nn(C)c2c(=O)[nH]1. The zero-order valence-corrected chi connectivity index (χ0v) is 18.4. The van der Waals surface area contributed by atoms with Gasteiger partial charge in [-0.1, -0.05) is 18.2 Å². The monoisotopic (exact) mass is 431 g/mol. The summed E-state index contributed by atoms with van der Waals surface area (Å²) in [5, 5.41) is 10.8. The number of anilines is 2. The van der Waals surface area contributed by atoms with Gasteiger partial charge < -0.3 is 20.4 Å². The number of hydrogen-bond donors (Lipinski definition) is 3. The number of nitrogens with zero attached hydrogens (tertiary/aromatic N) is 4. The van der Waals surface area contributed by atoms with Gasteiger partial charge in [-0.25, -0.2) is 4.98 Å². The average Bonchev–Trinajstić information content (AvgIpc) is 3.08. The first-order valence-electron chi connectivity index (χ1n) is 10.3. The Balaban J connectivity index is 1.73. The number of rotatable bonds is 5. The number of ether oxygens (including phenoxy) is 1. The molecule has 0 saturated carbocycles. The summed E-state index contributed by atoms with van der Waals surface area (Å²) in [4.78, 5) is 24.6. The molecule has 2 aromatic carbocycles. The standard InChI is InChI=1S/C23H25N7O2/c1-5-32-18-12-11-16(26-23(24-3)25-15-9-7-6-8-10-15)13-17(18)21-27-19-14(2)29-30(4)20(19)22(31)28-21/h6-13H,5H2,1-4H3,(H2,24,25,26)(H,27,28,31). The van der Waals surface area contributed by atoms with Crippen molar-refractivity contribution in [3.63, 3.8) is 0 Å². The molecule has 0 aliphatic heterocycles. The van der Waals surface area contributed by atoms with E-state index in [1.165, 1.54) is 0 Å². The van der Waals surface area contributed by atoms with E-state index in [1.54, 1.807) is 18.8 Å². The van der Waals surface area contributed by atoms with Gasteiger partial charge in [-0.15, -0.1) is 0 Å². The van der Waals surface area contributed by atoms with Crippen LogP contribution in [0.3, 0.4) is 0 Å². The lowest BCUT2D eigenvalue weighted by Crippen LogP contribution is -2.22. The van der Waals surface area contributed by atoms with E-state index in [0.29, 0.717) is 46.4 Å². The minimum absolute atomic E-state index is 0.254. The largest absolute Gasteiger partial charge is 0.493 e. The molecule has 4 rings (SSSR count). The number of guanidine groups is 1. The lowest BCUT2D eigenvalue weighted by molar-refractivity contribution is 0.341. The fourth-order valence-corrected chi connectivity index (χ4v) is 3.48. The van der Waals surface area contributed by atoms with Crippen molar-refractivity contribution < 1.29 is 4.74 Å². The summed E-state index contributed by atoms with van der Waals surface area (Å²) in [5.74, 6) is 1.61. The normalized spacial score (nSPS) is 11.6. The molecule has 2 aromatic heterocycles. The van der Waals surface area contributed by atoms with Crippen LogP contribution in [0.5, 0.6) is 5.75 Å². The molecule has 0 fully saturated rings. The van der Waals surface area contributed by atoms with Crippen molar-refractivity contribution in [3.8, 4) is 17.1 Å². The van der Waals surface area contributed by atoms with Crippen LogP contribution in [-0.2, 0) is 7.05 Å². The van der Waals surface area contributed by atoms with E-state index in [0.717, 1.165) is 11.4 Å². The van der Waals surface area contributed by atoms with Crippen LogP contribution in [-0.4, -0.2) is 39.4 Å². The quantitative estimate of drug-likeness (QED) is 0.329. The molecular weight excluding hydrogens is 406 g/mol. The van der Waals surface area contributed by atoms with Crippen molar-refractivity contribution in [1.82, 2.24) is 19.7 Å². The molecule has 164 valence electrons. The van der Waals surface area contributed by atoms with Crippen molar-refractivity contribution in [3.05, 3.63) is 64.6 Å². The van der Waals surface area contributed by atoms with E-state index in [4.69, 9.17) is 4.74 Å². The summed E-state index contributed by atoms with van der Waals surface area (Å²) in [6, 6.07) is 15.4. The first kappa shape index (κ1) is 21.1. The number of aryl methyl sites for hydroxylation is 2. The average molecular weight is 432 g/mol. The molecule has 9 nitrogen and oxygen atoms in total. The van der Waals surface area contributed by atoms with E-state index in [2.05, 4.69) is 30.7 Å². The molecule has 0 aliphatic carbocycles. The molecule has 32 heavy (non-hydrogen) atoms. The highest BCUT2D eigenvalue weighted by Crippen LogP contribution is 2.31. The predicted octanol–water partition coefficient (Wildman–Crippen LogP) is 3.54. The number of nitrogens with one attached hydrogen (secondary N) is 3. The molecule has 4 aromatic rings. The minimum atomic E-state index is -0.254. The molecule has 0 atom stereocenters. The van der Waals surface area contributed by atoms with Gasteiger partial charge in [0.25, 0.3) is 5.56 Å². The molecule has 0 saturated heterocycles. The van der Waals surface area contributed by atoms with E-state index >= 15 is 0 Å². The van der Waals surface area contributed by atoms with Crippen LogP contribution in [0.15, 0.2) is 58.3 Å². The van der Waals surface area contributed by atoms with E-state index in [1.807, 2.05) is 62.4 Å². The molecule has 0 aliphatic rings.